The summed E-state index contributed by atoms with van der Waals surface area (Å²) in [5.41, 5.74) is -0.222. The maximum Gasteiger partial charge on any atom is 0.239 e. The van der Waals surface area contributed by atoms with Crippen molar-refractivity contribution in [2.45, 2.75) is 33.2 Å². The van der Waals surface area contributed by atoms with E-state index in [1.54, 1.807) is 17.7 Å². The van der Waals surface area contributed by atoms with Crippen LogP contribution in [-0.4, -0.2) is 34.5 Å². The Hall–Kier alpha value is -1.69. The van der Waals surface area contributed by atoms with Crippen molar-refractivity contribution < 1.29 is 4.79 Å². The number of carbonyl (C=O) groups excluding carboxylic acids is 1. The molecular formula is C14H20N4OS. The molecule has 0 fully saturated rings. The van der Waals surface area contributed by atoms with Gasteiger partial charge in [-0.2, -0.15) is 0 Å². The predicted molar refractivity (Wildman–Crippen MR) is 83.2 cm³/mol. The summed E-state index contributed by atoms with van der Waals surface area (Å²) in [5, 5.41) is 5.97. The fourth-order valence-corrected chi connectivity index (χ4v) is 2.72. The number of carbonyl (C=O) groups is 1. The van der Waals surface area contributed by atoms with E-state index < -0.39 is 0 Å². The van der Waals surface area contributed by atoms with Crippen LogP contribution >= 0.6 is 11.3 Å². The lowest BCUT2D eigenvalue weighted by molar-refractivity contribution is -0.121. The van der Waals surface area contributed by atoms with Crippen LogP contribution in [-0.2, 0) is 4.79 Å². The zero-order chi connectivity index (χ0) is 14.8. The third-order valence-corrected chi connectivity index (χ3v) is 3.59. The molecule has 2 aromatic heterocycles. The number of aromatic nitrogens is 2. The largest absolute Gasteiger partial charge is 0.350 e. The summed E-state index contributed by atoms with van der Waals surface area (Å²) in [7, 11) is 0. The molecule has 0 bridgehead atoms. The Bertz CT molecular complexity index is 602. The van der Waals surface area contributed by atoms with Gasteiger partial charge in [-0.1, -0.05) is 0 Å². The van der Waals surface area contributed by atoms with Gasteiger partial charge in [-0.05, 0) is 39.1 Å². The fourth-order valence-electron chi connectivity index (χ4n) is 2.00. The van der Waals surface area contributed by atoms with Crippen molar-refractivity contribution in [3.05, 3.63) is 17.8 Å². The van der Waals surface area contributed by atoms with Crippen LogP contribution in [0.15, 0.2) is 17.8 Å². The van der Waals surface area contributed by atoms with Crippen LogP contribution < -0.4 is 10.2 Å². The van der Waals surface area contributed by atoms with Gasteiger partial charge in [0.05, 0.1) is 11.9 Å². The molecule has 0 aliphatic heterocycles. The monoisotopic (exact) mass is 292 g/mol. The molecule has 2 rings (SSSR count). The maximum absolute atomic E-state index is 12.1. The molecule has 108 valence electrons. The molecular weight excluding hydrogens is 272 g/mol. The number of amides is 1. The summed E-state index contributed by atoms with van der Waals surface area (Å²) >= 11 is 1.58. The third kappa shape index (κ3) is 3.45. The standard InChI is InChI=1S/C14H20N4OS/c1-5-18(8-11(19)17-14(2,3)4)12-10-6-7-20-13(10)16-9-15-12/h6-7,9H,5,8H2,1-4H3,(H,17,19). The first-order valence-corrected chi connectivity index (χ1v) is 7.53. The van der Waals surface area contributed by atoms with E-state index >= 15 is 0 Å². The summed E-state index contributed by atoms with van der Waals surface area (Å²) in [5.74, 6) is 0.823. The molecule has 0 aromatic carbocycles. The Labute approximate surface area is 123 Å². The van der Waals surface area contributed by atoms with E-state index in [2.05, 4.69) is 15.3 Å². The van der Waals surface area contributed by atoms with Crippen molar-refractivity contribution in [1.82, 2.24) is 15.3 Å². The summed E-state index contributed by atoms with van der Waals surface area (Å²) in [4.78, 5) is 23.6. The second kappa shape index (κ2) is 5.75. The van der Waals surface area contributed by atoms with Crippen LogP contribution in [0, 0.1) is 0 Å². The van der Waals surface area contributed by atoms with Gasteiger partial charge in [-0.3, -0.25) is 4.79 Å². The van der Waals surface area contributed by atoms with Crippen LogP contribution in [0.5, 0.6) is 0 Å². The molecule has 0 spiro atoms. The van der Waals surface area contributed by atoms with Crippen molar-refractivity contribution in [3.8, 4) is 0 Å². The van der Waals surface area contributed by atoms with E-state index in [9.17, 15) is 4.79 Å². The number of likely N-dealkylation sites (N-methyl/N-ethyl adjacent to an activating group) is 1. The van der Waals surface area contributed by atoms with Gasteiger partial charge in [-0.15, -0.1) is 11.3 Å². The Morgan fingerprint density at radius 3 is 2.80 bits per heavy atom. The minimum absolute atomic E-state index is 0.00124. The Morgan fingerprint density at radius 1 is 1.40 bits per heavy atom. The number of hydrogen-bond donors (Lipinski definition) is 1. The highest BCUT2D eigenvalue weighted by atomic mass is 32.1. The smallest absolute Gasteiger partial charge is 0.239 e. The quantitative estimate of drug-likeness (QED) is 0.940. The molecule has 0 radical (unpaired) electrons. The SMILES string of the molecule is CCN(CC(=O)NC(C)(C)C)c1ncnc2sccc12. The zero-order valence-electron chi connectivity index (χ0n) is 12.3. The van der Waals surface area contributed by atoms with E-state index in [4.69, 9.17) is 0 Å². The van der Waals surface area contributed by atoms with Crippen molar-refractivity contribution >= 4 is 33.3 Å². The Morgan fingerprint density at radius 2 is 2.15 bits per heavy atom. The van der Waals surface area contributed by atoms with Crippen molar-refractivity contribution in [2.24, 2.45) is 0 Å². The van der Waals surface area contributed by atoms with E-state index in [0.29, 0.717) is 6.54 Å². The van der Waals surface area contributed by atoms with Gasteiger partial charge < -0.3 is 10.2 Å². The zero-order valence-corrected chi connectivity index (χ0v) is 13.1. The fraction of sp³-hybridized carbons (Fsp3) is 0.500. The first-order valence-electron chi connectivity index (χ1n) is 6.65. The van der Waals surface area contributed by atoms with Gasteiger partial charge in [0.1, 0.15) is 17.0 Å². The maximum atomic E-state index is 12.1. The lowest BCUT2D eigenvalue weighted by atomic mass is 10.1. The number of anilines is 1. The summed E-state index contributed by atoms with van der Waals surface area (Å²) in [6.45, 7) is 8.97. The number of hydrogen-bond acceptors (Lipinski definition) is 5. The summed E-state index contributed by atoms with van der Waals surface area (Å²) in [6.07, 6.45) is 1.55. The van der Waals surface area contributed by atoms with Gasteiger partial charge in [0.15, 0.2) is 0 Å². The molecule has 0 aliphatic carbocycles. The predicted octanol–water partition coefficient (Wildman–Crippen LogP) is 2.43. The number of fused-ring (bicyclic) bond motifs is 1. The first-order chi connectivity index (χ1) is 9.40. The van der Waals surface area contributed by atoms with Crippen molar-refractivity contribution in [1.29, 1.82) is 0 Å². The highest BCUT2D eigenvalue weighted by Gasteiger charge is 2.18. The van der Waals surface area contributed by atoms with Crippen molar-refractivity contribution in [2.75, 3.05) is 18.0 Å². The van der Waals surface area contributed by atoms with Crippen LogP contribution in [0.1, 0.15) is 27.7 Å². The van der Waals surface area contributed by atoms with Crippen LogP contribution in [0.25, 0.3) is 10.2 Å². The minimum atomic E-state index is -0.222. The summed E-state index contributed by atoms with van der Waals surface area (Å²) in [6, 6.07) is 2.00. The molecule has 0 atom stereocenters. The Kier molecular flexibility index (Phi) is 4.23. The second-order valence-corrected chi connectivity index (χ2v) is 6.54. The van der Waals surface area contributed by atoms with E-state index in [1.807, 2.05) is 44.0 Å². The molecule has 2 heterocycles. The van der Waals surface area contributed by atoms with E-state index in [0.717, 1.165) is 22.6 Å². The van der Waals surface area contributed by atoms with E-state index in [-0.39, 0.29) is 11.4 Å². The number of rotatable bonds is 4. The van der Waals surface area contributed by atoms with Crippen LogP contribution in [0.4, 0.5) is 5.82 Å². The van der Waals surface area contributed by atoms with Crippen LogP contribution in [0.3, 0.4) is 0 Å². The molecule has 6 heteroatoms. The van der Waals surface area contributed by atoms with E-state index in [1.165, 1.54) is 0 Å². The lowest BCUT2D eigenvalue weighted by Gasteiger charge is -2.25. The normalized spacial score (nSPS) is 11.6. The molecule has 2 aromatic rings. The van der Waals surface area contributed by atoms with Crippen molar-refractivity contribution in [3.63, 3.8) is 0 Å². The average Bonchev–Trinajstić information content (AvgIpc) is 2.81. The number of nitrogens with zero attached hydrogens (tertiary/aromatic N) is 3. The minimum Gasteiger partial charge on any atom is -0.350 e. The Balaban J connectivity index is 2.20. The first kappa shape index (κ1) is 14.7. The highest BCUT2D eigenvalue weighted by Crippen LogP contribution is 2.26. The molecule has 0 saturated carbocycles. The van der Waals surface area contributed by atoms with Gasteiger partial charge in [0.25, 0.3) is 0 Å². The number of nitrogens with one attached hydrogen (secondary N) is 1. The van der Waals surface area contributed by atoms with Gasteiger partial charge in [-0.25, -0.2) is 9.97 Å². The molecule has 0 aliphatic rings. The van der Waals surface area contributed by atoms with Gasteiger partial charge >= 0.3 is 0 Å². The molecule has 0 unspecified atom stereocenters. The molecule has 1 amide bonds. The van der Waals surface area contributed by atoms with Gasteiger partial charge in [0.2, 0.25) is 5.91 Å². The summed E-state index contributed by atoms with van der Waals surface area (Å²) < 4.78 is 0. The highest BCUT2D eigenvalue weighted by molar-refractivity contribution is 7.16. The molecule has 1 N–H and O–H groups in total. The lowest BCUT2D eigenvalue weighted by Crippen LogP contribution is -2.46. The average molecular weight is 292 g/mol. The molecule has 5 nitrogen and oxygen atoms in total. The van der Waals surface area contributed by atoms with Gasteiger partial charge in [0, 0.05) is 12.1 Å². The second-order valence-electron chi connectivity index (χ2n) is 5.65. The third-order valence-electron chi connectivity index (χ3n) is 2.77. The number of thiophene rings is 1. The molecule has 0 saturated heterocycles. The molecule has 20 heavy (non-hydrogen) atoms. The topological polar surface area (TPSA) is 58.1 Å². The van der Waals surface area contributed by atoms with Crippen LogP contribution in [0.2, 0.25) is 0 Å².